The summed E-state index contributed by atoms with van der Waals surface area (Å²) in [6.45, 7) is 7.73. The van der Waals surface area contributed by atoms with Crippen LogP contribution in [0.2, 0.25) is 0 Å². The van der Waals surface area contributed by atoms with Crippen molar-refractivity contribution in [2.24, 2.45) is 5.41 Å². The van der Waals surface area contributed by atoms with Crippen LogP contribution in [0.1, 0.15) is 40.5 Å². The maximum atomic E-state index is 11.8. The topological polar surface area (TPSA) is 37.3 Å². The van der Waals surface area contributed by atoms with E-state index in [1.807, 2.05) is 39.8 Å². The number of hydrogen-bond donors (Lipinski definition) is 1. The molecule has 94 valence electrons. The third-order valence-corrected chi connectivity index (χ3v) is 3.25. The molecular formula is C15H22O2. The van der Waals surface area contributed by atoms with Crippen molar-refractivity contribution in [2.45, 2.75) is 46.6 Å². The fourth-order valence-corrected chi connectivity index (χ4v) is 1.71. The summed E-state index contributed by atoms with van der Waals surface area (Å²) < 4.78 is 0. The molecule has 2 heteroatoms. The minimum absolute atomic E-state index is 0.0322. The predicted octanol–water partition coefficient (Wildman–Crippen LogP) is 3.19. The van der Waals surface area contributed by atoms with Gasteiger partial charge in [-0.25, -0.2) is 0 Å². The van der Waals surface area contributed by atoms with Gasteiger partial charge in [0.15, 0.2) is 5.78 Å². The first kappa shape index (κ1) is 13.9. The molecule has 0 saturated heterocycles. The van der Waals surface area contributed by atoms with Crippen molar-refractivity contribution >= 4 is 5.78 Å². The highest BCUT2D eigenvalue weighted by Crippen LogP contribution is 2.26. The van der Waals surface area contributed by atoms with E-state index in [0.29, 0.717) is 0 Å². The molecule has 1 aliphatic rings. The molecule has 0 saturated carbocycles. The van der Waals surface area contributed by atoms with Crippen molar-refractivity contribution in [1.82, 2.24) is 0 Å². The summed E-state index contributed by atoms with van der Waals surface area (Å²) >= 11 is 0. The van der Waals surface area contributed by atoms with Gasteiger partial charge in [-0.2, -0.15) is 0 Å². The Kier molecular flexibility index (Phi) is 4.47. The van der Waals surface area contributed by atoms with Gasteiger partial charge in [-0.15, -0.1) is 0 Å². The van der Waals surface area contributed by atoms with Gasteiger partial charge < -0.3 is 5.11 Å². The third-order valence-electron chi connectivity index (χ3n) is 3.25. The summed E-state index contributed by atoms with van der Waals surface area (Å²) in [5, 5.41) is 10.1. The van der Waals surface area contributed by atoms with E-state index in [2.05, 4.69) is 0 Å². The maximum Gasteiger partial charge on any atom is 0.180 e. The van der Waals surface area contributed by atoms with Crippen molar-refractivity contribution in [2.75, 3.05) is 0 Å². The van der Waals surface area contributed by atoms with Crippen LogP contribution in [0.3, 0.4) is 0 Å². The molecule has 0 amide bonds. The fourth-order valence-electron chi connectivity index (χ4n) is 1.71. The van der Waals surface area contributed by atoms with E-state index in [0.717, 1.165) is 24.0 Å². The summed E-state index contributed by atoms with van der Waals surface area (Å²) in [5.74, 6) is 0.0322. The zero-order valence-electron chi connectivity index (χ0n) is 11.2. The largest absolute Gasteiger partial charge is 0.388 e. The molecule has 1 rings (SSSR count). The Labute approximate surface area is 104 Å². The van der Waals surface area contributed by atoms with Crippen LogP contribution in [-0.2, 0) is 4.79 Å². The minimum Gasteiger partial charge on any atom is -0.388 e. The van der Waals surface area contributed by atoms with Crippen molar-refractivity contribution in [1.29, 1.82) is 0 Å². The second-order valence-corrected chi connectivity index (χ2v) is 5.40. The second-order valence-electron chi connectivity index (χ2n) is 5.40. The number of rotatable bonds is 0. The van der Waals surface area contributed by atoms with Gasteiger partial charge in [0.25, 0.3) is 0 Å². The van der Waals surface area contributed by atoms with Gasteiger partial charge in [0.2, 0.25) is 0 Å². The molecule has 0 heterocycles. The molecule has 0 radical (unpaired) electrons. The smallest absolute Gasteiger partial charge is 0.180 e. The van der Waals surface area contributed by atoms with E-state index in [9.17, 15) is 9.90 Å². The zero-order chi connectivity index (χ0) is 13.1. The molecule has 0 aromatic rings. The molecule has 0 fully saturated rings. The summed E-state index contributed by atoms with van der Waals surface area (Å²) in [5.41, 5.74) is 1.53. The van der Waals surface area contributed by atoms with Crippen molar-refractivity contribution in [3.63, 3.8) is 0 Å². The van der Waals surface area contributed by atoms with Crippen LogP contribution < -0.4 is 0 Å². The van der Waals surface area contributed by atoms with E-state index in [1.54, 1.807) is 12.2 Å². The lowest BCUT2D eigenvalue weighted by molar-refractivity contribution is -0.111. The lowest BCUT2D eigenvalue weighted by Gasteiger charge is -2.25. The van der Waals surface area contributed by atoms with E-state index in [1.165, 1.54) is 0 Å². The van der Waals surface area contributed by atoms with Gasteiger partial charge in [-0.1, -0.05) is 37.6 Å². The van der Waals surface area contributed by atoms with Gasteiger partial charge in [-0.05, 0) is 38.3 Å². The molecule has 1 N–H and O–H groups in total. The van der Waals surface area contributed by atoms with E-state index < -0.39 is 11.5 Å². The first-order valence-corrected chi connectivity index (χ1v) is 6.08. The number of ketones is 1. The molecule has 0 spiro atoms. The number of aliphatic hydroxyl groups is 1. The zero-order valence-corrected chi connectivity index (χ0v) is 11.2. The van der Waals surface area contributed by atoms with Gasteiger partial charge in [-0.3, -0.25) is 4.79 Å². The van der Waals surface area contributed by atoms with Gasteiger partial charge in [0.05, 0.1) is 6.10 Å². The molecular weight excluding hydrogens is 212 g/mol. The van der Waals surface area contributed by atoms with Gasteiger partial charge in [0, 0.05) is 5.41 Å². The van der Waals surface area contributed by atoms with Crippen LogP contribution in [-0.4, -0.2) is 17.0 Å². The molecule has 0 aliphatic heterocycles. The first-order valence-electron chi connectivity index (χ1n) is 6.08. The summed E-state index contributed by atoms with van der Waals surface area (Å²) in [7, 11) is 0. The van der Waals surface area contributed by atoms with Crippen molar-refractivity contribution < 1.29 is 9.90 Å². The van der Waals surface area contributed by atoms with Crippen LogP contribution >= 0.6 is 0 Å². The Morgan fingerprint density at radius 2 is 2.00 bits per heavy atom. The van der Waals surface area contributed by atoms with E-state index in [-0.39, 0.29) is 5.78 Å². The third kappa shape index (κ3) is 3.97. The Morgan fingerprint density at radius 1 is 1.35 bits per heavy atom. The number of aliphatic hydroxyl groups excluding tert-OH is 1. The highest BCUT2D eigenvalue weighted by molar-refractivity contribution is 6.03. The average Bonchev–Trinajstić information content (AvgIpc) is 2.25. The Hall–Kier alpha value is -1.15. The van der Waals surface area contributed by atoms with Gasteiger partial charge >= 0.3 is 0 Å². The molecule has 2 nitrogen and oxygen atoms in total. The van der Waals surface area contributed by atoms with Crippen LogP contribution in [0.15, 0.2) is 35.5 Å². The van der Waals surface area contributed by atoms with Gasteiger partial charge in [0.1, 0.15) is 0 Å². The Balaban J connectivity index is 3.07. The second kappa shape index (κ2) is 5.46. The maximum absolute atomic E-state index is 11.8. The lowest BCUT2D eigenvalue weighted by Crippen LogP contribution is -2.25. The van der Waals surface area contributed by atoms with E-state index in [4.69, 9.17) is 0 Å². The standard InChI is InChI=1S/C15H22O2/c1-11-6-5-7-12(2)13(16)8-9-15(3,4)14(17)10-11/h7-10,14,17H,5-6H2,1-4H3/b9-8+,11-10+,12-7+/t14-/m1/s1. The number of carbonyl (C=O) groups excluding carboxylic acids is 1. The van der Waals surface area contributed by atoms with Crippen LogP contribution in [0.4, 0.5) is 0 Å². The molecule has 0 aromatic carbocycles. The monoisotopic (exact) mass is 234 g/mol. The molecule has 0 aromatic heterocycles. The SMILES string of the molecule is C/C1=C\[C@@H](O)C(C)(C)/C=C/C(=O)/C(C)=C/CC1. The highest BCUT2D eigenvalue weighted by Gasteiger charge is 2.23. The van der Waals surface area contributed by atoms with Crippen molar-refractivity contribution in [3.05, 3.63) is 35.5 Å². The highest BCUT2D eigenvalue weighted by atomic mass is 16.3. The molecule has 1 atom stereocenters. The van der Waals surface area contributed by atoms with Crippen LogP contribution in [0.25, 0.3) is 0 Å². The Morgan fingerprint density at radius 3 is 2.65 bits per heavy atom. The quantitative estimate of drug-likeness (QED) is 0.654. The van der Waals surface area contributed by atoms with Crippen molar-refractivity contribution in [3.8, 4) is 0 Å². The Bertz CT molecular complexity index is 384. The predicted molar refractivity (Wildman–Crippen MR) is 70.7 cm³/mol. The normalized spacial score (nSPS) is 33.9. The summed E-state index contributed by atoms with van der Waals surface area (Å²) in [6, 6.07) is 0. The van der Waals surface area contributed by atoms with Crippen LogP contribution in [0.5, 0.6) is 0 Å². The molecule has 1 aliphatic carbocycles. The number of carbonyl (C=O) groups is 1. The lowest BCUT2D eigenvalue weighted by atomic mass is 9.84. The molecule has 0 bridgehead atoms. The minimum atomic E-state index is -0.551. The fraction of sp³-hybridized carbons (Fsp3) is 0.533. The number of allylic oxidation sites excluding steroid dienone is 4. The average molecular weight is 234 g/mol. The molecule has 17 heavy (non-hydrogen) atoms. The summed E-state index contributed by atoms with van der Waals surface area (Å²) in [4.78, 5) is 11.8. The summed E-state index contributed by atoms with van der Waals surface area (Å²) in [6.07, 6.45) is 8.41. The number of hydrogen-bond acceptors (Lipinski definition) is 2. The molecule has 0 unspecified atom stereocenters. The first-order chi connectivity index (χ1) is 7.83. The van der Waals surface area contributed by atoms with Crippen LogP contribution in [0, 0.1) is 5.41 Å². The van der Waals surface area contributed by atoms with E-state index >= 15 is 0 Å².